The van der Waals surface area contributed by atoms with Crippen LogP contribution in [0.1, 0.15) is 30.1 Å². The van der Waals surface area contributed by atoms with Crippen LogP contribution in [0, 0.1) is 5.92 Å². The van der Waals surface area contributed by atoms with Crippen molar-refractivity contribution in [2.45, 2.75) is 24.7 Å². The second-order valence-electron chi connectivity index (χ2n) is 7.42. The van der Waals surface area contributed by atoms with Crippen molar-refractivity contribution in [3.05, 3.63) is 23.8 Å². The summed E-state index contributed by atoms with van der Waals surface area (Å²) in [5.41, 5.74) is 1.52. The van der Waals surface area contributed by atoms with Crippen molar-refractivity contribution in [3.63, 3.8) is 0 Å². The maximum absolute atomic E-state index is 12.5. The molecule has 1 unspecified atom stereocenters. The molecule has 0 radical (unpaired) electrons. The summed E-state index contributed by atoms with van der Waals surface area (Å²) in [5.74, 6) is 0.337. The molecule has 4 rings (SSSR count). The molecule has 1 saturated heterocycles. The number of amides is 1. The molecule has 0 saturated carbocycles. The van der Waals surface area contributed by atoms with E-state index in [1.54, 1.807) is 6.07 Å². The predicted octanol–water partition coefficient (Wildman–Crippen LogP) is 1.76. The van der Waals surface area contributed by atoms with Crippen molar-refractivity contribution in [1.29, 1.82) is 0 Å². The quantitative estimate of drug-likeness (QED) is 0.800. The fraction of sp³-hybridized carbons (Fsp3) is 0.556. The Labute approximate surface area is 164 Å². The van der Waals surface area contributed by atoms with Crippen LogP contribution in [0.3, 0.4) is 0 Å². The van der Waals surface area contributed by atoms with Crippen molar-refractivity contribution in [2.75, 3.05) is 43.4 Å². The molecule has 146 valence electrons. The Morgan fingerprint density at radius 2 is 2.07 bits per heavy atom. The number of carbonyl (C=O) groups excluding carboxylic acids is 1. The molecular weight excluding hydrogens is 384 g/mol. The number of rotatable bonds is 5. The summed E-state index contributed by atoms with van der Waals surface area (Å²) in [5, 5.41) is 3.50. The molecule has 1 N–H and O–H groups in total. The molecule has 3 aliphatic heterocycles. The van der Waals surface area contributed by atoms with Crippen LogP contribution in [-0.2, 0) is 10.0 Å². The van der Waals surface area contributed by atoms with Gasteiger partial charge in [0.05, 0.1) is 11.4 Å². The second kappa shape index (κ2) is 7.44. The first kappa shape index (κ1) is 18.8. The Hall–Kier alpha value is -1.58. The van der Waals surface area contributed by atoms with Crippen LogP contribution in [0.25, 0.3) is 0 Å². The van der Waals surface area contributed by atoms with Crippen LogP contribution in [0.15, 0.2) is 27.5 Å². The fourth-order valence-electron chi connectivity index (χ4n) is 3.71. The number of anilines is 1. The lowest BCUT2D eigenvalue weighted by molar-refractivity contribution is 0.0945. The van der Waals surface area contributed by atoms with Gasteiger partial charge in [0, 0.05) is 30.1 Å². The van der Waals surface area contributed by atoms with Crippen LogP contribution in [0.2, 0.25) is 0 Å². The Morgan fingerprint density at radius 1 is 1.30 bits per heavy atom. The summed E-state index contributed by atoms with van der Waals surface area (Å²) in [6.45, 7) is 6.56. The van der Waals surface area contributed by atoms with Crippen molar-refractivity contribution in [3.8, 4) is 0 Å². The van der Waals surface area contributed by atoms with E-state index >= 15 is 0 Å². The summed E-state index contributed by atoms with van der Waals surface area (Å²) in [6.07, 6.45) is 2.55. The van der Waals surface area contributed by atoms with Gasteiger partial charge in [-0.2, -0.15) is 0 Å². The normalized spacial score (nSPS) is 22.1. The molecule has 7 nitrogen and oxygen atoms in total. The standard InChI is InChI=1S/C18H24N4O3S2/c1-13(12-21-6-2-3-7-21)11-19-17(23)14-4-5-15-16(10-14)26-18-20-27(24,25)9-8-22(15)18/h4-5,10,13H,2-3,6-9,11-12H2,1H3,(H,19,23). The maximum atomic E-state index is 12.5. The number of carbonyl (C=O) groups is 1. The number of sulfonamides is 1. The highest BCUT2D eigenvalue weighted by molar-refractivity contribution is 8.15. The molecule has 0 aliphatic carbocycles. The van der Waals surface area contributed by atoms with Crippen LogP contribution in [-0.4, -0.2) is 62.9 Å². The lowest BCUT2D eigenvalue weighted by Gasteiger charge is -2.22. The average Bonchev–Trinajstić information content (AvgIpc) is 3.24. The van der Waals surface area contributed by atoms with Crippen molar-refractivity contribution < 1.29 is 13.2 Å². The molecular formula is C18H24N4O3S2. The monoisotopic (exact) mass is 408 g/mol. The van der Waals surface area contributed by atoms with Crippen LogP contribution in [0.5, 0.6) is 0 Å². The van der Waals surface area contributed by atoms with Gasteiger partial charge in [0.2, 0.25) is 0 Å². The minimum absolute atomic E-state index is 0.0215. The highest BCUT2D eigenvalue weighted by Gasteiger charge is 2.33. The van der Waals surface area contributed by atoms with Crippen LogP contribution in [0.4, 0.5) is 5.69 Å². The zero-order valence-electron chi connectivity index (χ0n) is 15.3. The first-order valence-electron chi connectivity index (χ1n) is 9.34. The molecule has 1 aromatic carbocycles. The first-order chi connectivity index (χ1) is 12.9. The zero-order valence-corrected chi connectivity index (χ0v) is 17.0. The van der Waals surface area contributed by atoms with Gasteiger partial charge in [-0.1, -0.05) is 6.92 Å². The number of nitrogens with one attached hydrogen (secondary N) is 1. The largest absolute Gasteiger partial charge is 0.352 e. The summed E-state index contributed by atoms with van der Waals surface area (Å²) in [4.78, 5) is 17.8. The minimum Gasteiger partial charge on any atom is -0.352 e. The number of hydrogen-bond acceptors (Lipinski definition) is 6. The van der Waals surface area contributed by atoms with E-state index < -0.39 is 10.0 Å². The van der Waals surface area contributed by atoms with Crippen molar-refractivity contribution >= 4 is 38.5 Å². The third-order valence-electron chi connectivity index (χ3n) is 5.11. The Bertz CT molecular complexity index is 879. The number of likely N-dealkylation sites (tertiary alicyclic amines) is 1. The van der Waals surface area contributed by atoms with Crippen LogP contribution < -0.4 is 10.2 Å². The number of thioether (sulfide) groups is 1. The molecule has 0 spiro atoms. The van der Waals surface area contributed by atoms with E-state index in [1.165, 1.54) is 24.6 Å². The third-order valence-corrected chi connectivity index (χ3v) is 7.42. The van der Waals surface area contributed by atoms with E-state index in [-0.39, 0.29) is 11.7 Å². The molecule has 0 bridgehead atoms. The van der Waals surface area contributed by atoms with Gasteiger partial charge in [-0.25, -0.2) is 8.42 Å². The predicted molar refractivity (Wildman–Crippen MR) is 108 cm³/mol. The second-order valence-corrected chi connectivity index (χ2v) is 10.2. The molecule has 1 aromatic rings. The Balaban J connectivity index is 1.39. The number of nitrogens with zero attached hydrogens (tertiary/aromatic N) is 3. The van der Waals surface area contributed by atoms with E-state index in [1.807, 2.05) is 17.0 Å². The molecule has 1 fully saturated rings. The van der Waals surface area contributed by atoms with E-state index in [0.717, 1.165) is 30.2 Å². The van der Waals surface area contributed by atoms with Crippen molar-refractivity contribution in [1.82, 2.24) is 10.2 Å². The number of fused-ring (bicyclic) bond motifs is 3. The summed E-state index contributed by atoms with van der Waals surface area (Å²) in [7, 11) is -3.37. The van der Waals surface area contributed by atoms with Gasteiger partial charge in [0.1, 0.15) is 0 Å². The number of benzene rings is 1. The lowest BCUT2D eigenvalue weighted by atomic mass is 10.1. The van der Waals surface area contributed by atoms with Gasteiger partial charge in [0.25, 0.3) is 15.9 Å². The van der Waals surface area contributed by atoms with Gasteiger partial charge in [-0.05, 0) is 61.8 Å². The SMILES string of the molecule is CC(CNC(=O)c1ccc2c(c1)SC1=NS(=O)(=O)CCN12)CN1CCCC1. The first-order valence-corrected chi connectivity index (χ1v) is 11.8. The molecule has 1 atom stereocenters. The third kappa shape index (κ3) is 4.14. The molecule has 3 heterocycles. The van der Waals surface area contributed by atoms with E-state index in [2.05, 4.69) is 21.5 Å². The number of hydrogen-bond donors (Lipinski definition) is 1. The van der Waals surface area contributed by atoms with E-state index in [0.29, 0.717) is 29.7 Å². The van der Waals surface area contributed by atoms with E-state index in [4.69, 9.17) is 0 Å². The van der Waals surface area contributed by atoms with Gasteiger partial charge < -0.3 is 15.1 Å². The molecule has 3 aliphatic rings. The highest BCUT2D eigenvalue weighted by Crippen LogP contribution is 2.42. The average molecular weight is 409 g/mol. The van der Waals surface area contributed by atoms with E-state index in [9.17, 15) is 13.2 Å². The molecule has 27 heavy (non-hydrogen) atoms. The maximum Gasteiger partial charge on any atom is 0.257 e. The van der Waals surface area contributed by atoms with Gasteiger partial charge >= 0.3 is 0 Å². The zero-order chi connectivity index (χ0) is 19.0. The Kier molecular flexibility index (Phi) is 5.17. The van der Waals surface area contributed by atoms with Crippen LogP contribution >= 0.6 is 11.8 Å². The molecule has 9 heteroatoms. The summed E-state index contributed by atoms with van der Waals surface area (Å²) < 4.78 is 27.2. The lowest BCUT2D eigenvalue weighted by Crippen LogP contribution is -2.35. The molecule has 0 aromatic heterocycles. The Morgan fingerprint density at radius 3 is 2.85 bits per heavy atom. The minimum atomic E-state index is -3.37. The van der Waals surface area contributed by atoms with Gasteiger partial charge in [0.15, 0.2) is 5.17 Å². The molecule has 1 amide bonds. The van der Waals surface area contributed by atoms with Gasteiger partial charge in [-0.3, -0.25) is 4.79 Å². The highest BCUT2D eigenvalue weighted by atomic mass is 32.2. The fourth-order valence-corrected chi connectivity index (χ4v) is 6.01. The smallest absolute Gasteiger partial charge is 0.257 e. The van der Waals surface area contributed by atoms with Crippen molar-refractivity contribution in [2.24, 2.45) is 10.3 Å². The summed E-state index contributed by atoms with van der Waals surface area (Å²) >= 11 is 1.31. The topological polar surface area (TPSA) is 82.1 Å². The summed E-state index contributed by atoms with van der Waals surface area (Å²) in [6, 6.07) is 5.51. The number of amidine groups is 1. The van der Waals surface area contributed by atoms with Gasteiger partial charge in [-0.15, -0.1) is 4.40 Å².